The molecular weight excluding hydrogens is 294 g/mol. The number of rotatable bonds is 2. The Morgan fingerprint density at radius 2 is 2.22 bits per heavy atom. The van der Waals surface area contributed by atoms with E-state index in [0.29, 0.717) is 24.4 Å². The van der Waals surface area contributed by atoms with Crippen LogP contribution in [0.2, 0.25) is 0 Å². The van der Waals surface area contributed by atoms with Gasteiger partial charge in [-0.3, -0.25) is 9.36 Å². The molecule has 4 heterocycles. The van der Waals surface area contributed by atoms with E-state index >= 15 is 0 Å². The number of nitrogens with one attached hydrogen (secondary N) is 1. The monoisotopic (exact) mass is 311 g/mol. The molecule has 0 aromatic carbocycles. The summed E-state index contributed by atoms with van der Waals surface area (Å²) in [5, 5.41) is 0. The Morgan fingerprint density at radius 3 is 3.00 bits per heavy atom. The van der Waals surface area contributed by atoms with Crippen LogP contribution in [0.25, 0.3) is 11.2 Å². The Kier molecular flexibility index (Phi) is 3.07. The molecule has 0 saturated carbocycles. The molecule has 0 bridgehead atoms. The Bertz CT molecular complexity index is 935. The maximum absolute atomic E-state index is 12.6. The van der Waals surface area contributed by atoms with Gasteiger partial charge in [0, 0.05) is 32.5 Å². The van der Waals surface area contributed by atoms with Gasteiger partial charge in [0.05, 0.1) is 11.6 Å². The first-order valence-electron chi connectivity index (χ1n) is 7.61. The van der Waals surface area contributed by atoms with Crippen LogP contribution < -0.4 is 5.69 Å². The van der Waals surface area contributed by atoms with Crippen molar-refractivity contribution in [2.75, 3.05) is 13.1 Å². The summed E-state index contributed by atoms with van der Waals surface area (Å²) in [4.78, 5) is 33.8. The second-order valence-electron chi connectivity index (χ2n) is 5.87. The van der Waals surface area contributed by atoms with Gasteiger partial charge in [-0.25, -0.2) is 9.78 Å². The molecule has 3 aromatic heterocycles. The fraction of sp³-hybridized carbons (Fsp3) is 0.312. The normalized spacial score (nSPS) is 18.0. The van der Waals surface area contributed by atoms with Crippen LogP contribution in [0.1, 0.15) is 23.0 Å². The van der Waals surface area contributed by atoms with Crippen molar-refractivity contribution < 1.29 is 4.79 Å². The molecule has 1 fully saturated rings. The number of hydrogen-bond acceptors (Lipinski definition) is 3. The zero-order valence-electron chi connectivity index (χ0n) is 12.8. The van der Waals surface area contributed by atoms with E-state index in [-0.39, 0.29) is 17.6 Å². The van der Waals surface area contributed by atoms with Gasteiger partial charge in [0.15, 0.2) is 5.65 Å². The summed E-state index contributed by atoms with van der Waals surface area (Å²) >= 11 is 0. The Hall–Kier alpha value is -2.83. The van der Waals surface area contributed by atoms with E-state index in [4.69, 9.17) is 0 Å². The predicted molar refractivity (Wildman–Crippen MR) is 85.3 cm³/mol. The summed E-state index contributed by atoms with van der Waals surface area (Å²) in [5.41, 5.74) is 1.87. The maximum atomic E-state index is 12.6. The van der Waals surface area contributed by atoms with Crippen molar-refractivity contribution in [3.05, 3.63) is 52.8 Å². The molecule has 0 unspecified atom stereocenters. The molecule has 7 heteroatoms. The molecule has 7 nitrogen and oxygen atoms in total. The van der Waals surface area contributed by atoms with Crippen LogP contribution in [0.3, 0.4) is 0 Å². The summed E-state index contributed by atoms with van der Waals surface area (Å²) in [5.74, 6) is 0.000787. The molecule has 118 valence electrons. The lowest BCUT2D eigenvalue weighted by molar-refractivity contribution is 0.0778. The fourth-order valence-corrected chi connectivity index (χ4v) is 3.28. The molecule has 0 radical (unpaired) electrons. The fourth-order valence-electron chi connectivity index (χ4n) is 3.28. The number of aromatic amines is 1. The van der Waals surface area contributed by atoms with Gasteiger partial charge in [0.25, 0.3) is 5.91 Å². The van der Waals surface area contributed by atoms with Gasteiger partial charge >= 0.3 is 5.69 Å². The number of aryl methyl sites for hydroxylation is 1. The first-order valence-corrected chi connectivity index (χ1v) is 7.61. The van der Waals surface area contributed by atoms with Crippen LogP contribution >= 0.6 is 0 Å². The average Bonchev–Trinajstić information content (AvgIpc) is 3.23. The van der Waals surface area contributed by atoms with E-state index in [1.807, 2.05) is 36.0 Å². The predicted octanol–water partition coefficient (Wildman–Crippen LogP) is 1.15. The number of fused-ring (bicyclic) bond motifs is 1. The van der Waals surface area contributed by atoms with Gasteiger partial charge in [-0.15, -0.1) is 0 Å². The Balaban J connectivity index is 1.63. The topological polar surface area (TPSA) is 75.9 Å². The first kappa shape index (κ1) is 13.8. The summed E-state index contributed by atoms with van der Waals surface area (Å²) in [6.07, 6.45) is 4.28. The zero-order valence-corrected chi connectivity index (χ0v) is 12.8. The lowest BCUT2D eigenvalue weighted by Crippen LogP contribution is -2.31. The van der Waals surface area contributed by atoms with Gasteiger partial charge in [-0.1, -0.05) is 0 Å². The molecule has 1 atom stereocenters. The largest absolute Gasteiger partial charge is 0.347 e. The molecule has 1 aliphatic rings. The molecule has 3 aromatic rings. The number of carbonyl (C=O) groups excluding carboxylic acids is 1. The summed E-state index contributed by atoms with van der Waals surface area (Å²) in [6.45, 7) is 1.16. The number of H-pyrrole nitrogens is 1. The second kappa shape index (κ2) is 5.12. The molecule has 0 aliphatic carbocycles. The van der Waals surface area contributed by atoms with Gasteiger partial charge < -0.3 is 14.5 Å². The van der Waals surface area contributed by atoms with E-state index in [1.54, 1.807) is 21.7 Å². The van der Waals surface area contributed by atoms with Crippen LogP contribution in [-0.4, -0.2) is 43.0 Å². The van der Waals surface area contributed by atoms with Crippen LogP contribution in [0.4, 0.5) is 0 Å². The van der Waals surface area contributed by atoms with E-state index in [9.17, 15) is 9.59 Å². The third kappa shape index (κ3) is 2.16. The molecule has 1 aliphatic heterocycles. The highest BCUT2D eigenvalue weighted by Gasteiger charge is 2.31. The molecule has 23 heavy (non-hydrogen) atoms. The highest BCUT2D eigenvalue weighted by atomic mass is 16.2. The number of pyridine rings is 1. The Labute approximate surface area is 132 Å². The minimum Gasteiger partial charge on any atom is -0.347 e. The Morgan fingerprint density at radius 1 is 1.35 bits per heavy atom. The molecule has 1 amide bonds. The summed E-state index contributed by atoms with van der Waals surface area (Å²) in [7, 11) is 1.86. The zero-order chi connectivity index (χ0) is 16.0. The number of imidazole rings is 1. The number of nitrogens with zero attached hydrogens (tertiary/aromatic N) is 4. The van der Waals surface area contributed by atoms with E-state index in [0.717, 1.165) is 11.9 Å². The van der Waals surface area contributed by atoms with Crippen molar-refractivity contribution in [2.45, 2.75) is 12.5 Å². The van der Waals surface area contributed by atoms with Crippen molar-refractivity contribution in [3.8, 4) is 0 Å². The van der Waals surface area contributed by atoms with Gasteiger partial charge in [0.1, 0.15) is 5.69 Å². The molecule has 1 saturated heterocycles. The minimum absolute atomic E-state index is 0.000787. The van der Waals surface area contributed by atoms with Crippen molar-refractivity contribution in [1.29, 1.82) is 0 Å². The quantitative estimate of drug-likeness (QED) is 0.771. The van der Waals surface area contributed by atoms with Gasteiger partial charge in [0.2, 0.25) is 0 Å². The molecule has 4 rings (SSSR count). The standard InChI is InChI=1S/C16H17N5O2/c1-19-8-3-5-13(19)15(22)20-9-6-11(10-20)21-14-12(18-16(21)23)4-2-7-17-14/h2-5,7-8,11H,6,9-10H2,1H3,(H,18,23)/t11-/m1/s1. The molecule has 1 N–H and O–H groups in total. The summed E-state index contributed by atoms with van der Waals surface area (Å²) < 4.78 is 3.49. The van der Waals surface area contributed by atoms with Crippen LogP contribution in [0, 0.1) is 0 Å². The van der Waals surface area contributed by atoms with Crippen LogP contribution in [-0.2, 0) is 7.05 Å². The average molecular weight is 311 g/mol. The van der Waals surface area contributed by atoms with Crippen LogP contribution in [0.5, 0.6) is 0 Å². The highest BCUT2D eigenvalue weighted by molar-refractivity contribution is 5.93. The molecular formula is C16H17N5O2. The third-order valence-electron chi connectivity index (χ3n) is 4.45. The van der Waals surface area contributed by atoms with Crippen LogP contribution in [0.15, 0.2) is 41.5 Å². The smallest absolute Gasteiger partial charge is 0.327 e. The lowest BCUT2D eigenvalue weighted by atomic mass is 10.2. The minimum atomic E-state index is -0.170. The highest BCUT2D eigenvalue weighted by Crippen LogP contribution is 2.24. The molecule has 0 spiro atoms. The second-order valence-corrected chi connectivity index (χ2v) is 5.87. The number of hydrogen-bond donors (Lipinski definition) is 1. The van der Waals surface area contributed by atoms with E-state index in [1.165, 1.54) is 0 Å². The summed E-state index contributed by atoms with van der Waals surface area (Å²) in [6, 6.07) is 7.25. The maximum Gasteiger partial charge on any atom is 0.327 e. The van der Waals surface area contributed by atoms with E-state index < -0.39 is 0 Å². The van der Waals surface area contributed by atoms with Crippen molar-refractivity contribution >= 4 is 17.1 Å². The van der Waals surface area contributed by atoms with Crippen molar-refractivity contribution in [2.24, 2.45) is 7.05 Å². The first-order chi connectivity index (χ1) is 11.1. The van der Waals surface area contributed by atoms with Gasteiger partial charge in [-0.05, 0) is 30.7 Å². The van der Waals surface area contributed by atoms with E-state index in [2.05, 4.69) is 9.97 Å². The number of likely N-dealkylation sites (tertiary alicyclic amines) is 1. The van der Waals surface area contributed by atoms with Gasteiger partial charge in [-0.2, -0.15) is 0 Å². The third-order valence-corrected chi connectivity index (χ3v) is 4.45. The van der Waals surface area contributed by atoms with Crippen molar-refractivity contribution in [3.63, 3.8) is 0 Å². The van der Waals surface area contributed by atoms with Crippen molar-refractivity contribution in [1.82, 2.24) is 24.0 Å². The number of amides is 1. The lowest BCUT2D eigenvalue weighted by Gasteiger charge is -2.17. The SMILES string of the molecule is Cn1cccc1C(=O)N1CC[C@@H](n2c(=O)[nH]c3cccnc32)C1. The number of carbonyl (C=O) groups is 1. The number of aromatic nitrogens is 4.